The summed E-state index contributed by atoms with van der Waals surface area (Å²) < 4.78 is 0. The fourth-order valence-corrected chi connectivity index (χ4v) is 2.64. The maximum absolute atomic E-state index is 12.3. The number of hydrogen-bond acceptors (Lipinski definition) is 1. The average Bonchev–Trinajstić information content (AvgIpc) is 2.53. The first-order chi connectivity index (χ1) is 11.0. The predicted octanol–water partition coefficient (Wildman–Crippen LogP) is 2.56. The SMILES string of the molecule is Cc1ccc([C@@H]([NH2+][C@H](C)C(=O)NC(C)C)c2ccccc2)cc1. The lowest BCUT2D eigenvalue weighted by atomic mass is 9.97. The molecule has 0 aliphatic heterocycles. The van der Waals surface area contributed by atoms with Gasteiger partial charge in [0.2, 0.25) is 0 Å². The summed E-state index contributed by atoms with van der Waals surface area (Å²) in [6.07, 6.45) is 0. The van der Waals surface area contributed by atoms with Crippen LogP contribution in [0.4, 0.5) is 0 Å². The zero-order valence-electron chi connectivity index (χ0n) is 14.4. The van der Waals surface area contributed by atoms with Gasteiger partial charge in [0.15, 0.2) is 6.04 Å². The van der Waals surface area contributed by atoms with Gasteiger partial charge in [0, 0.05) is 17.2 Å². The van der Waals surface area contributed by atoms with E-state index in [0.29, 0.717) is 0 Å². The van der Waals surface area contributed by atoms with Gasteiger partial charge in [-0.05, 0) is 27.7 Å². The zero-order valence-corrected chi connectivity index (χ0v) is 14.4. The van der Waals surface area contributed by atoms with Crippen molar-refractivity contribution in [1.29, 1.82) is 0 Å². The van der Waals surface area contributed by atoms with E-state index in [9.17, 15) is 4.79 Å². The third-order valence-corrected chi connectivity index (χ3v) is 3.92. The van der Waals surface area contributed by atoms with E-state index in [4.69, 9.17) is 0 Å². The van der Waals surface area contributed by atoms with Crippen molar-refractivity contribution >= 4 is 5.91 Å². The highest BCUT2D eigenvalue weighted by molar-refractivity contribution is 5.80. The van der Waals surface area contributed by atoms with Crippen molar-refractivity contribution in [3.63, 3.8) is 0 Å². The zero-order chi connectivity index (χ0) is 16.8. The van der Waals surface area contributed by atoms with E-state index in [2.05, 4.69) is 54.0 Å². The number of carbonyl (C=O) groups excluding carboxylic acids is 1. The monoisotopic (exact) mass is 311 g/mol. The summed E-state index contributed by atoms with van der Waals surface area (Å²) in [5.41, 5.74) is 3.66. The number of benzene rings is 2. The molecule has 0 heterocycles. The minimum atomic E-state index is -0.149. The van der Waals surface area contributed by atoms with E-state index in [1.165, 1.54) is 16.7 Å². The Kier molecular flexibility index (Phi) is 5.94. The lowest BCUT2D eigenvalue weighted by molar-refractivity contribution is -0.704. The summed E-state index contributed by atoms with van der Waals surface area (Å²) in [7, 11) is 0. The smallest absolute Gasteiger partial charge is 0.278 e. The summed E-state index contributed by atoms with van der Waals surface area (Å²) in [5, 5.41) is 5.13. The van der Waals surface area contributed by atoms with E-state index in [1.54, 1.807) is 0 Å². The molecular weight excluding hydrogens is 284 g/mol. The number of aryl methyl sites for hydroxylation is 1. The van der Waals surface area contributed by atoms with Gasteiger partial charge in [-0.2, -0.15) is 0 Å². The maximum atomic E-state index is 12.3. The molecule has 3 nitrogen and oxygen atoms in total. The highest BCUT2D eigenvalue weighted by Crippen LogP contribution is 2.18. The van der Waals surface area contributed by atoms with Gasteiger partial charge in [-0.15, -0.1) is 0 Å². The van der Waals surface area contributed by atoms with Crippen LogP contribution in [0.2, 0.25) is 0 Å². The third kappa shape index (κ3) is 4.93. The molecule has 0 bridgehead atoms. The fraction of sp³-hybridized carbons (Fsp3) is 0.350. The van der Waals surface area contributed by atoms with Crippen molar-refractivity contribution in [3.05, 3.63) is 71.3 Å². The van der Waals surface area contributed by atoms with Crippen molar-refractivity contribution in [1.82, 2.24) is 5.32 Å². The van der Waals surface area contributed by atoms with Crippen LogP contribution in [0.25, 0.3) is 0 Å². The van der Waals surface area contributed by atoms with E-state index in [-0.39, 0.29) is 24.0 Å². The Morgan fingerprint density at radius 1 is 0.913 bits per heavy atom. The Morgan fingerprint density at radius 2 is 1.48 bits per heavy atom. The standard InChI is InChI=1S/C20H26N2O/c1-14(2)21-20(23)16(4)22-19(17-8-6-5-7-9-17)18-12-10-15(3)11-13-18/h5-14,16,19,22H,1-4H3,(H,21,23)/p+1/t16-,19+/m1/s1. The Morgan fingerprint density at radius 3 is 2.04 bits per heavy atom. The molecule has 2 rings (SSSR count). The molecular formula is C20H27N2O+. The number of quaternary nitrogens is 1. The summed E-state index contributed by atoms with van der Waals surface area (Å²) in [6.45, 7) is 8.02. The van der Waals surface area contributed by atoms with Gasteiger partial charge in [0.1, 0.15) is 6.04 Å². The minimum Gasteiger partial charge on any atom is -0.349 e. The van der Waals surface area contributed by atoms with Gasteiger partial charge in [0.05, 0.1) is 0 Å². The van der Waals surface area contributed by atoms with Crippen LogP contribution < -0.4 is 10.6 Å². The first-order valence-corrected chi connectivity index (χ1v) is 8.24. The fourth-order valence-electron chi connectivity index (χ4n) is 2.64. The molecule has 3 N–H and O–H groups in total. The second-order valence-corrected chi connectivity index (χ2v) is 6.44. The third-order valence-electron chi connectivity index (χ3n) is 3.92. The Bertz CT molecular complexity index is 620. The van der Waals surface area contributed by atoms with Crippen LogP contribution in [-0.4, -0.2) is 18.0 Å². The summed E-state index contributed by atoms with van der Waals surface area (Å²) >= 11 is 0. The Balaban J connectivity index is 2.24. The molecule has 23 heavy (non-hydrogen) atoms. The average molecular weight is 311 g/mol. The molecule has 0 saturated heterocycles. The van der Waals surface area contributed by atoms with E-state index < -0.39 is 0 Å². The summed E-state index contributed by atoms with van der Waals surface area (Å²) in [5.74, 6) is 0.0769. The van der Waals surface area contributed by atoms with Gasteiger partial charge in [-0.25, -0.2) is 0 Å². The first kappa shape index (κ1) is 17.2. The number of nitrogens with one attached hydrogen (secondary N) is 1. The van der Waals surface area contributed by atoms with Crippen molar-refractivity contribution in [2.75, 3.05) is 0 Å². The van der Waals surface area contributed by atoms with E-state index in [1.807, 2.05) is 39.0 Å². The molecule has 0 radical (unpaired) electrons. The number of amides is 1. The quantitative estimate of drug-likeness (QED) is 0.846. The molecule has 2 aromatic carbocycles. The summed E-state index contributed by atoms with van der Waals surface area (Å²) in [6, 6.07) is 19.0. The topological polar surface area (TPSA) is 45.7 Å². The van der Waals surface area contributed by atoms with Gasteiger partial charge in [-0.3, -0.25) is 4.79 Å². The molecule has 0 saturated carbocycles. The molecule has 0 aliphatic carbocycles. The van der Waals surface area contributed by atoms with Crippen LogP contribution in [0, 0.1) is 6.92 Å². The van der Waals surface area contributed by atoms with Crippen LogP contribution in [0.1, 0.15) is 43.5 Å². The van der Waals surface area contributed by atoms with Crippen LogP contribution >= 0.6 is 0 Å². The molecule has 1 amide bonds. The molecule has 3 heteroatoms. The highest BCUT2D eigenvalue weighted by atomic mass is 16.2. The second-order valence-electron chi connectivity index (χ2n) is 6.44. The van der Waals surface area contributed by atoms with Crippen LogP contribution in [0.5, 0.6) is 0 Å². The Hall–Kier alpha value is -2.13. The van der Waals surface area contributed by atoms with Gasteiger partial charge in [0.25, 0.3) is 5.91 Å². The largest absolute Gasteiger partial charge is 0.349 e. The summed E-state index contributed by atoms with van der Waals surface area (Å²) in [4.78, 5) is 12.3. The number of hydrogen-bond donors (Lipinski definition) is 2. The minimum absolute atomic E-state index is 0.0769. The maximum Gasteiger partial charge on any atom is 0.278 e. The molecule has 0 unspecified atom stereocenters. The van der Waals surface area contributed by atoms with Gasteiger partial charge >= 0.3 is 0 Å². The molecule has 0 aliphatic rings. The molecule has 0 spiro atoms. The normalized spacial score (nSPS) is 13.6. The lowest BCUT2D eigenvalue weighted by Gasteiger charge is -2.21. The van der Waals surface area contributed by atoms with Crippen molar-refractivity contribution < 1.29 is 10.1 Å². The molecule has 2 atom stereocenters. The lowest BCUT2D eigenvalue weighted by Crippen LogP contribution is -2.92. The van der Waals surface area contributed by atoms with Crippen LogP contribution in [0.3, 0.4) is 0 Å². The molecule has 2 aromatic rings. The van der Waals surface area contributed by atoms with E-state index in [0.717, 1.165) is 0 Å². The van der Waals surface area contributed by atoms with E-state index >= 15 is 0 Å². The van der Waals surface area contributed by atoms with Crippen LogP contribution in [0.15, 0.2) is 54.6 Å². The van der Waals surface area contributed by atoms with Crippen molar-refractivity contribution in [2.24, 2.45) is 0 Å². The number of rotatable bonds is 6. The predicted molar refractivity (Wildman–Crippen MR) is 94.1 cm³/mol. The second kappa shape index (κ2) is 7.93. The van der Waals surface area contributed by atoms with Gasteiger partial charge in [-0.1, -0.05) is 60.2 Å². The molecule has 0 fully saturated rings. The molecule has 0 aromatic heterocycles. The molecule has 122 valence electrons. The van der Waals surface area contributed by atoms with Crippen molar-refractivity contribution in [2.45, 2.75) is 45.8 Å². The van der Waals surface area contributed by atoms with Crippen molar-refractivity contribution in [3.8, 4) is 0 Å². The van der Waals surface area contributed by atoms with Gasteiger partial charge < -0.3 is 10.6 Å². The Labute approximate surface area is 139 Å². The first-order valence-electron chi connectivity index (χ1n) is 8.24. The number of nitrogens with two attached hydrogens (primary N) is 1. The highest BCUT2D eigenvalue weighted by Gasteiger charge is 2.24. The number of carbonyl (C=O) groups is 1. The van der Waals surface area contributed by atoms with Crippen LogP contribution in [-0.2, 0) is 4.79 Å².